The summed E-state index contributed by atoms with van der Waals surface area (Å²) in [6.07, 6.45) is 20.2. The molecule has 0 aliphatic heterocycles. The summed E-state index contributed by atoms with van der Waals surface area (Å²) in [6, 6.07) is 27.9. The first kappa shape index (κ1) is 62.4. The van der Waals surface area contributed by atoms with Crippen LogP contribution in [0.2, 0.25) is 0 Å². The summed E-state index contributed by atoms with van der Waals surface area (Å²) in [5.74, 6) is 0.894. The number of fused-ring (bicyclic) bond motifs is 1. The Labute approximate surface area is 519 Å². The van der Waals surface area contributed by atoms with Gasteiger partial charge in [-0.1, -0.05) is 97.3 Å². The van der Waals surface area contributed by atoms with Crippen LogP contribution in [0.25, 0.3) is 75.8 Å². The summed E-state index contributed by atoms with van der Waals surface area (Å²) in [6.45, 7) is 17.5. The number of aromatic nitrogens is 2. The highest BCUT2D eigenvalue weighted by Gasteiger charge is 2.23. The van der Waals surface area contributed by atoms with E-state index in [4.69, 9.17) is 27.7 Å². The highest BCUT2D eigenvalue weighted by atomic mass is 32.2. The smallest absolute Gasteiger partial charge is 0.114 e. The maximum Gasteiger partial charge on any atom is 0.114 e. The van der Waals surface area contributed by atoms with Crippen molar-refractivity contribution in [2.45, 2.75) is 143 Å². The van der Waals surface area contributed by atoms with Gasteiger partial charge in [-0.3, -0.25) is 0 Å². The molecule has 0 amide bonds. The van der Waals surface area contributed by atoms with E-state index in [2.05, 4.69) is 124 Å². The Morgan fingerprint density at radius 1 is 0.432 bits per heavy atom. The molecule has 15 heteroatoms. The van der Waals surface area contributed by atoms with Crippen LogP contribution in [0.3, 0.4) is 0 Å². The first-order chi connectivity index (χ1) is 40.0. The Balaban J connectivity index is 0.940. The van der Waals surface area contributed by atoms with Gasteiger partial charge in [0.05, 0.1) is 38.2 Å². The van der Waals surface area contributed by atoms with Crippen LogP contribution in [0.1, 0.15) is 144 Å². The number of unbranched alkanes of at least 4 members (excludes halogenated alkanes) is 8. The molecule has 0 bridgehead atoms. The summed E-state index contributed by atoms with van der Waals surface area (Å²) in [5.41, 5.74) is 9.74. The second-order valence-corrected chi connectivity index (χ2v) is 29.2. The van der Waals surface area contributed by atoms with E-state index < -0.39 is 0 Å². The van der Waals surface area contributed by atoms with Crippen LogP contribution >= 0.6 is 103 Å². The normalized spacial score (nSPS) is 12.1. The number of ether oxygens (including phenoxy) is 4. The lowest BCUT2D eigenvalue weighted by Gasteiger charge is -2.07. The Kier molecular flexibility index (Phi) is 25.8. The lowest BCUT2D eigenvalue weighted by molar-refractivity contribution is 0.133. The summed E-state index contributed by atoms with van der Waals surface area (Å²) in [4.78, 5) is 17.2. The lowest BCUT2D eigenvalue weighted by Crippen LogP contribution is -2.01. The van der Waals surface area contributed by atoms with Gasteiger partial charge in [0, 0.05) is 107 Å². The summed E-state index contributed by atoms with van der Waals surface area (Å²) >= 11 is 16.5. The number of hydrogen-bond donors (Lipinski definition) is 0. The topological polar surface area (TPSA) is 62.7 Å². The second kappa shape index (κ2) is 33.5. The van der Waals surface area contributed by atoms with Gasteiger partial charge in [0.15, 0.2) is 0 Å². The van der Waals surface area contributed by atoms with Gasteiger partial charge in [-0.15, -0.1) is 91.1 Å². The van der Waals surface area contributed by atoms with Crippen LogP contribution in [0.15, 0.2) is 89.6 Å². The zero-order valence-electron chi connectivity index (χ0n) is 48.0. The number of allylic oxidation sites excluding steroid dienone is 1. The van der Waals surface area contributed by atoms with Crippen molar-refractivity contribution in [1.29, 1.82) is 0 Å². The van der Waals surface area contributed by atoms with Crippen LogP contribution in [0.5, 0.6) is 0 Å². The molecular weight excluding hydrogens is 1170 g/mol. The molecule has 0 spiro atoms. The molecule has 0 aliphatic carbocycles. The summed E-state index contributed by atoms with van der Waals surface area (Å²) in [7, 11) is 0. The third-order valence-electron chi connectivity index (χ3n) is 14.4. The SMILES string of the molecule is C/C=C(\SCc1sc(-c2ccc(-c3cc(CCOCCCCC)c(-c4ccc(-c5ccc(-c6sccc6CCOCCCCC)s5)s4)s3)c3nsnc23)cc1CCOCCCCC)c1ccc(-c2sccc2CCOCCCCC)s1. The van der Waals surface area contributed by atoms with Crippen LogP contribution in [-0.2, 0) is 50.4 Å². The van der Waals surface area contributed by atoms with Crippen molar-refractivity contribution < 1.29 is 18.9 Å². The van der Waals surface area contributed by atoms with Gasteiger partial charge in [0.2, 0.25) is 0 Å². The Hall–Kier alpha value is -3.13. The average molecular weight is 1250 g/mol. The molecule has 1 aromatic carbocycles. The molecule has 0 saturated carbocycles. The van der Waals surface area contributed by atoms with Crippen molar-refractivity contribution in [1.82, 2.24) is 8.75 Å². The molecule has 9 rings (SSSR count). The highest BCUT2D eigenvalue weighted by molar-refractivity contribution is 8.07. The van der Waals surface area contributed by atoms with Crippen molar-refractivity contribution in [2.75, 3.05) is 52.9 Å². The fraction of sp³-hybridized carbons (Fsp3) is 0.455. The van der Waals surface area contributed by atoms with Crippen molar-refractivity contribution >= 4 is 119 Å². The van der Waals surface area contributed by atoms with E-state index in [9.17, 15) is 0 Å². The molecular formula is C66H80N2O4S9. The first-order valence-corrected chi connectivity index (χ1v) is 37.1. The fourth-order valence-corrected chi connectivity index (χ4v) is 19.7. The van der Waals surface area contributed by atoms with Crippen LogP contribution in [-0.4, -0.2) is 61.6 Å². The molecule has 8 aromatic heterocycles. The molecule has 8 heterocycles. The molecule has 0 atom stereocenters. The molecule has 0 aliphatic rings. The molecule has 0 fully saturated rings. The second-order valence-electron chi connectivity index (χ2n) is 20.4. The number of thioether (sulfide) groups is 1. The van der Waals surface area contributed by atoms with Gasteiger partial charge in [0.25, 0.3) is 0 Å². The molecule has 0 saturated heterocycles. The van der Waals surface area contributed by atoms with Crippen molar-refractivity contribution in [3.8, 4) is 59.9 Å². The minimum atomic E-state index is 0.708. The third-order valence-corrected chi connectivity index (χ3v) is 24.8. The summed E-state index contributed by atoms with van der Waals surface area (Å²) < 4.78 is 34.6. The van der Waals surface area contributed by atoms with E-state index in [1.165, 1.54) is 149 Å². The van der Waals surface area contributed by atoms with Gasteiger partial charge >= 0.3 is 0 Å². The maximum absolute atomic E-state index is 6.26. The van der Waals surface area contributed by atoms with E-state index in [1.807, 2.05) is 91.1 Å². The fourth-order valence-electron chi connectivity index (χ4n) is 9.82. The number of rotatable bonds is 38. The van der Waals surface area contributed by atoms with Crippen LogP contribution in [0.4, 0.5) is 0 Å². The molecule has 9 aromatic rings. The number of thiophene rings is 7. The molecule has 0 radical (unpaired) electrons. The van der Waals surface area contributed by atoms with Gasteiger partial charge < -0.3 is 18.9 Å². The Morgan fingerprint density at radius 3 is 1.40 bits per heavy atom. The predicted octanol–water partition coefficient (Wildman–Crippen LogP) is 22.4. The molecule has 81 heavy (non-hydrogen) atoms. The van der Waals surface area contributed by atoms with E-state index in [0.29, 0.717) is 6.61 Å². The maximum atomic E-state index is 6.26. The lowest BCUT2D eigenvalue weighted by atomic mass is 10.0. The van der Waals surface area contributed by atoms with Crippen molar-refractivity contribution in [2.24, 2.45) is 0 Å². The van der Waals surface area contributed by atoms with Gasteiger partial charge in [0.1, 0.15) is 11.0 Å². The number of benzene rings is 1. The minimum Gasteiger partial charge on any atom is -0.381 e. The molecule has 0 N–H and O–H groups in total. The van der Waals surface area contributed by atoms with Crippen molar-refractivity contribution in [3.63, 3.8) is 0 Å². The van der Waals surface area contributed by atoms with Gasteiger partial charge in [-0.05, 0) is 152 Å². The van der Waals surface area contributed by atoms with Crippen LogP contribution in [0, 0.1) is 0 Å². The van der Waals surface area contributed by atoms with E-state index in [-0.39, 0.29) is 0 Å². The molecule has 432 valence electrons. The minimum absolute atomic E-state index is 0.708. The van der Waals surface area contributed by atoms with E-state index in [0.717, 1.165) is 126 Å². The zero-order chi connectivity index (χ0) is 56.0. The quantitative estimate of drug-likeness (QED) is 0.0357. The van der Waals surface area contributed by atoms with Crippen LogP contribution < -0.4 is 0 Å². The van der Waals surface area contributed by atoms with E-state index >= 15 is 0 Å². The largest absolute Gasteiger partial charge is 0.381 e. The Bertz CT molecular complexity index is 3300. The summed E-state index contributed by atoms with van der Waals surface area (Å²) in [5, 5.41) is 4.47. The Morgan fingerprint density at radius 2 is 0.877 bits per heavy atom. The standard InChI is InChI=1S/C66H80N2O4S9/c1-6-11-15-33-69-37-27-46-31-41-73-64(46)56-24-21-53(76-56)52(10-5)75-45-61-48(29-39-71-35-17-13-8-3)43-59(79-61)50-19-20-51(63-62(50)67-81-68-63)60-44-49(30-40-72-36-18-14-9-4)66(80-60)58-26-23-55(78-58)54-22-25-57(77-54)65-47(32-42-74-65)28-38-70-34-16-12-7-2/h10,19-26,31-32,41-44H,6-9,11-18,27-30,33-40,45H2,1-5H3/b52-10-. The van der Waals surface area contributed by atoms with Crippen molar-refractivity contribution in [3.05, 3.63) is 122 Å². The molecule has 0 unspecified atom stereocenters. The van der Waals surface area contributed by atoms with Gasteiger partial charge in [-0.2, -0.15) is 8.75 Å². The van der Waals surface area contributed by atoms with E-state index in [1.54, 1.807) is 0 Å². The monoisotopic (exact) mass is 1250 g/mol. The highest BCUT2D eigenvalue weighted by Crippen LogP contribution is 2.49. The third kappa shape index (κ3) is 17.3. The average Bonchev–Trinajstić information content (AvgIpc) is 4.49. The predicted molar refractivity (Wildman–Crippen MR) is 363 cm³/mol. The van der Waals surface area contributed by atoms with Gasteiger partial charge in [-0.25, -0.2) is 0 Å². The number of hydrogen-bond acceptors (Lipinski definition) is 15. The number of nitrogens with zero attached hydrogens (tertiary/aromatic N) is 2. The molecule has 6 nitrogen and oxygen atoms in total. The zero-order valence-corrected chi connectivity index (χ0v) is 55.4. The first-order valence-electron chi connectivity index (χ1n) is 29.5.